The van der Waals surface area contributed by atoms with Crippen LogP contribution in [-0.2, 0) is 14.3 Å². The lowest BCUT2D eigenvalue weighted by atomic mass is 9.71. The van der Waals surface area contributed by atoms with Gasteiger partial charge in [-0.05, 0) is 44.9 Å². The first-order chi connectivity index (χ1) is 8.34. The van der Waals surface area contributed by atoms with E-state index in [4.69, 9.17) is 15.2 Å². The summed E-state index contributed by atoms with van der Waals surface area (Å²) in [5.74, 6) is -0.296. The standard InChI is InChI=1S/C14H27NO3/c1-5-17-12(16)11(2)18-14(10-15)8-6-13(3,4)7-9-14/h11H,5-10,15H2,1-4H3. The van der Waals surface area contributed by atoms with Crippen LogP contribution in [0.5, 0.6) is 0 Å². The van der Waals surface area contributed by atoms with Crippen molar-refractivity contribution in [3.8, 4) is 0 Å². The first-order valence-corrected chi connectivity index (χ1v) is 6.89. The Hall–Kier alpha value is -0.610. The topological polar surface area (TPSA) is 61.5 Å². The third kappa shape index (κ3) is 3.95. The molecule has 106 valence electrons. The number of carbonyl (C=O) groups is 1. The Balaban J connectivity index is 2.59. The van der Waals surface area contributed by atoms with Gasteiger partial charge >= 0.3 is 5.97 Å². The van der Waals surface area contributed by atoms with Crippen LogP contribution in [0.15, 0.2) is 0 Å². The first-order valence-electron chi connectivity index (χ1n) is 6.89. The number of carbonyl (C=O) groups excluding carboxylic acids is 1. The van der Waals surface area contributed by atoms with Crippen LogP contribution >= 0.6 is 0 Å². The van der Waals surface area contributed by atoms with E-state index in [1.54, 1.807) is 13.8 Å². The molecule has 1 atom stereocenters. The maximum atomic E-state index is 11.6. The molecule has 1 unspecified atom stereocenters. The van der Waals surface area contributed by atoms with E-state index < -0.39 is 6.10 Å². The molecule has 0 amide bonds. The molecule has 1 rings (SSSR count). The van der Waals surface area contributed by atoms with E-state index in [9.17, 15) is 4.79 Å². The normalized spacial score (nSPS) is 23.4. The zero-order valence-electron chi connectivity index (χ0n) is 12.1. The quantitative estimate of drug-likeness (QED) is 0.767. The Bertz CT molecular complexity index is 279. The van der Waals surface area contributed by atoms with Crippen molar-refractivity contribution >= 4 is 5.97 Å². The average Bonchev–Trinajstić information content (AvgIpc) is 2.32. The molecular weight excluding hydrogens is 230 g/mol. The Morgan fingerprint density at radius 3 is 2.28 bits per heavy atom. The van der Waals surface area contributed by atoms with Gasteiger partial charge in [0, 0.05) is 6.54 Å². The highest BCUT2D eigenvalue weighted by Gasteiger charge is 2.40. The summed E-state index contributed by atoms with van der Waals surface area (Å²) in [4.78, 5) is 11.6. The number of ether oxygens (including phenoxy) is 2. The second-order valence-electron chi connectivity index (χ2n) is 6.06. The summed E-state index contributed by atoms with van der Waals surface area (Å²) in [7, 11) is 0. The second-order valence-corrected chi connectivity index (χ2v) is 6.06. The molecule has 1 fully saturated rings. The largest absolute Gasteiger partial charge is 0.464 e. The predicted octanol–water partition coefficient (Wildman–Crippen LogP) is 2.25. The van der Waals surface area contributed by atoms with Gasteiger partial charge in [-0.15, -0.1) is 0 Å². The molecule has 0 aliphatic heterocycles. The highest BCUT2D eigenvalue weighted by atomic mass is 16.6. The van der Waals surface area contributed by atoms with Crippen molar-refractivity contribution < 1.29 is 14.3 Å². The number of esters is 1. The Morgan fingerprint density at radius 2 is 1.83 bits per heavy atom. The maximum Gasteiger partial charge on any atom is 0.334 e. The van der Waals surface area contributed by atoms with Gasteiger partial charge < -0.3 is 15.2 Å². The van der Waals surface area contributed by atoms with Crippen molar-refractivity contribution in [2.75, 3.05) is 13.2 Å². The SMILES string of the molecule is CCOC(=O)C(C)OC1(CN)CCC(C)(C)CC1. The van der Waals surface area contributed by atoms with Crippen LogP contribution in [0.25, 0.3) is 0 Å². The second kappa shape index (κ2) is 6.02. The van der Waals surface area contributed by atoms with Gasteiger partial charge in [0.15, 0.2) is 6.10 Å². The molecule has 1 aliphatic carbocycles. The Morgan fingerprint density at radius 1 is 1.28 bits per heavy atom. The fourth-order valence-corrected chi connectivity index (χ4v) is 2.44. The first kappa shape index (κ1) is 15.4. The summed E-state index contributed by atoms with van der Waals surface area (Å²) < 4.78 is 10.9. The molecular formula is C14H27NO3. The summed E-state index contributed by atoms with van der Waals surface area (Å²) >= 11 is 0. The highest BCUT2D eigenvalue weighted by Crippen LogP contribution is 2.42. The molecule has 1 aliphatic rings. The summed E-state index contributed by atoms with van der Waals surface area (Å²) in [6.45, 7) is 8.92. The van der Waals surface area contributed by atoms with E-state index in [0.29, 0.717) is 18.6 Å². The van der Waals surface area contributed by atoms with Crippen molar-refractivity contribution in [3.63, 3.8) is 0 Å². The van der Waals surface area contributed by atoms with Gasteiger partial charge in [-0.3, -0.25) is 0 Å². The van der Waals surface area contributed by atoms with Crippen molar-refractivity contribution in [1.29, 1.82) is 0 Å². The number of hydrogen-bond acceptors (Lipinski definition) is 4. The van der Waals surface area contributed by atoms with Crippen LogP contribution in [0.4, 0.5) is 0 Å². The van der Waals surface area contributed by atoms with Crippen LogP contribution in [-0.4, -0.2) is 30.8 Å². The minimum atomic E-state index is -0.533. The van der Waals surface area contributed by atoms with Crippen LogP contribution in [0, 0.1) is 5.41 Å². The van der Waals surface area contributed by atoms with Crippen molar-refractivity contribution in [3.05, 3.63) is 0 Å². The molecule has 1 saturated carbocycles. The Kier molecular flexibility index (Phi) is 5.17. The zero-order valence-corrected chi connectivity index (χ0v) is 12.1. The van der Waals surface area contributed by atoms with Gasteiger partial charge in [0.05, 0.1) is 12.2 Å². The van der Waals surface area contributed by atoms with Gasteiger partial charge in [0.2, 0.25) is 0 Å². The minimum absolute atomic E-state index is 0.296. The molecule has 0 aromatic heterocycles. The monoisotopic (exact) mass is 257 g/mol. The van der Waals surface area contributed by atoms with Gasteiger partial charge in [-0.1, -0.05) is 13.8 Å². The predicted molar refractivity (Wildman–Crippen MR) is 71.2 cm³/mol. The van der Waals surface area contributed by atoms with E-state index in [-0.39, 0.29) is 11.6 Å². The third-order valence-electron chi connectivity index (χ3n) is 3.93. The molecule has 0 aromatic rings. The lowest BCUT2D eigenvalue weighted by molar-refractivity contribution is -0.173. The Labute approximate surface area is 110 Å². The van der Waals surface area contributed by atoms with Gasteiger partial charge in [0.1, 0.15) is 0 Å². The summed E-state index contributed by atoms with van der Waals surface area (Å²) in [6, 6.07) is 0. The van der Waals surface area contributed by atoms with Crippen molar-refractivity contribution in [2.45, 2.75) is 65.1 Å². The number of rotatable bonds is 5. The number of nitrogens with two attached hydrogens (primary N) is 1. The average molecular weight is 257 g/mol. The summed E-state index contributed by atoms with van der Waals surface area (Å²) in [6.07, 6.45) is 3.47. The minimum Gasteiger partial charge on any atom is -0.464 e. The molecule has 0 bridgehead atoms. The summed E-state index contributed by atoms with van der Waals surface area (Å²) in [5, 5.41) is 0. The van der Waals surface area contributed by atoms with Crippen LogP contribution in [0.3, 0.4) is 0 Å². The molecule has 4 nitrogen and oxygen atoms in total. The van der Waals surface area contributed by atoms with Crippen LogP contribution in [0.1, 0.15) is 53.4 Å². The third-order valence-corrected chi connectivity index (χ3v) is 3.93. The number of hydrogen-bond donors (Lipinski definition) is 1. The highest BCUT2D eigenvalue weighted by molar-refractivity contribution is 5.74. The molecule has 2 N–H and O–H groups in total. The molecule has 4 heteroatoms. The fraction of sp³-hybridized carbons (Fsp3) is 0.929. The molecule has 0 aromatic carbocycles. The van der Waals surface area contributed by atoms with Crippen molar-refractivity contribution in [2.24, 2.45) is 11.1 Å². The molecule has 18 heavy (non-hydrogen) atoms. The molecule has 0 heterocycles. The van der Waals surface area contributed by atoms with E-state index in [2.05, 4.69) is 13.8 Å². The van der Waals surface area contributed by atoms with Gasteiger partial charge in [-0.25, -0.2) is 4.79 Å². The smallest absolute Gasteiger partial charge is 0.334 e. The zero-order chi connectivity index (χ0) is 13.8. The fourth-order valence-electron chi connectivity index (χ4n) is 2.44. The molecule has 0 spiro atoms. The van der Waals surface area contributed by atoms with Crippen molar-refractivity contribution in [1.82, 2.24) is 0 Å². The lowest BCUT2D eigenvalue weighted by Gasteiger charge is -2.43. The lowest BCUT2D eigenvalue weighted by Crippen LogP contribution is -2.48. The molecule has 0 saturated heterocycles. The summed E-state index contributed by atoms with van der Waals surface area (Å²) in [5.41, 5.74) is 5.88. The van der Waals surface area contributed by atoms with E-state index in [1.807, 2.05) is 0 Å². The van der Waals surface area contributed by atoms with E-state index in [0.717, 1.165) is 25.7 Å². The van der Waals surface area contributed by atoms with E-state index in [1.165, 1.54) is 0 Å². The van der Waals surface area contributed by atoms with Crippen LogP contribution in [0.2, 0.25) is 0 Å². The molecule has 0 radical (unpaired) electrons. The van der Waals surface area contributed by atoms with E-state index >= 15 is 0 Å². The van der Waals surface area contributed by atoms with Gasteiger partial charge in [-0.2, -0.15) is 0 Å². The maximum absolute atomic E-state index is 11.6. The van der Waals surface area contributed by atoms with Crippen LogP contribution < -0.4 is 5.73 Å². The van der Waals surface area contributed by atoms with Gasteiger partial charge in [0.25, 0.3) is 0 Å².